The van der Waals surface area contributed by atoms with E-state index in [-0.39, 0.29) is 0 Å². The summed E-state index contributed by atoms with van der Waals surface area (Å²) < 4.78 is 0. The van der Waals surface area contributed by atoms with Crippen molar-refractivity contribution in [3.05, 3.63) is 0 Å². The molecule has 18 heavy (non-hydrogen) atoms. The highest BCUT2D eigenvalue weighted by Crippen LogP contribution is 2.21. The molecule has 2 nitrogen and oxygen atoms in total. The number of hydrogen-bond acceptors (Lipinski definition) is 2. The summed E-state index contributed by atoms with van der Waals surface area (Å²) in [5, 5.41) is 19.7. The van der Waals surface area contributed by atoms with Crippen molar-refractivity contribution < 1.29 is 10.2 Å². The molecule has 0 aromatic heterocycles. The Morgan fingerprint density at radius 2 is 1.28 bits per heavy atom. The molecule has 2 heteroatoms. The lowest BCUT2D eigenvalue weighted by atomic mass is 9.90. The molecule has 0 fully saturated rings. The zero-order valence-electron chi connectivity index (χ0n) is 12.7. The molecule has 0 saturated heterocycles. The maximum Gasteiger partial charge on any atom is 0.0877 e. The maximum absolute atomic E-state index is 10.0. The van der Waals surface area contributed by atoms with Crippen molar-refractivity contribution in [1.29, 1.82) is 0 Å². The van der Waals surface area contributed by atoms with Crippen molar-refractivity contribution >= 4 is 0 Å². The van der Waals surface area contributed by atoms with Gasteiger partial charge in [-0.2, -0.15) is 0 Å². The van der Waals surface area contributed by atoms with Gasteiger partial charge in [0.1, 0.15) is 0 Å². The Morgan fingerprint density at radius 3 is 1.72 bits per heavy atom. The second-order valence-electron chi connectivity index (χ2n) is 5.86. The summed E-state index contributed by atoms with van der Waals surface area (Å²) in [6.45, 7) is 5.91. The minimum atomic E-state index is -0.893. The Labute approximate surface area is 114 Å². The van der Waals surface area contributed by atoms with Crippen LogP contribution in [-0.2, 0) is 0 Å². The number of aliphatic hydroxyl groups is 2. The van der Waals surface area contributed by atoms with Crippen LogP contribution in [0.25, 0.3) is 0 Å². The van der Waals surface area contributed by atoms with E-state index in [1.54, 1.807) is 6.92 Å². The van der Waals surface area contributed by atoms with Crippen LogP contribution in [0.5, 0.6) is 0 Å². The van der Waals surface area contributed by atoms with Crippen LogP contribution >= 0.6 is 0 Å². The molecule has 2 atom stereocenters. The number of hydrogen-bond donors (Lipinski definition) is 2. The Balaban J connectivity index is 3.34. The van der Waals surface area contributed by atoms with E-state index in [9.17, 15) is 10.2 Å². The fourth-order valence-electron chi connectivity index (χ4n) is 2.40. The molecule has 0 aliphatic heterocycles. The molecule has 2 N–H and O–H groups in total. The van der Waals surface area contributed by atoms with Gasteiger partial charge in [-0.15, -0.1) is 0 Å². The molecule has 2 unspecified atom stereocenters. The third-order valence-electron chi connectivity index (χ3n) is 3.89. The summed E-state index contributed by atoms with van der Waals surface area (Å²) in [6, 6.07) is 0. The van der Waals surface area contributed by atoms with E-state index in [2.05, 4.69) is 6.92 Å². The van der Waals surface area contributed by atoms with E-state index in [1.807, 2.05) is 6.92 Å². The molecule has 0 rings (SSSR count). The highest BCUT2D eigenvalue weighted by Gasteiger charge is 2.27. The van der Waals surface area contributed by atoms with E-state index in [0.29, 0.717) is 6.42 Å². The van der Waals surface area contributed by atoms with Gasteiger partial charge in [0.2, 0.25) is 0 Å². The van der Waals surface area contributed by atoms with Crippen molar-refractivity contribution in [2.24, 2.45) is 0 Å². The summed E-state index contributed by atoms with van der Waals surface area (Å²) in [5.74, 6) is 0. The van der Waals surface area contributed by atoms with Crippen LogP contribution < -0.4 is 0 Å². The van der Waals surface area contributed by atoms with Gasteiger partial charge in [-0.05, 0) is 19.8 Å². The zero-order chi connectivity index (χ0) is 13.9. The molecular weight excluding hydrogens is 224 g/mol. The zero-order valence-corrected chi connectivity index (χ0v) is 12.7. The van der Waals surface area contributed by atoms with Crippen molar-refractivity contribution in [2.45, 2.75) is 103 Å². The van der Waals surface area contributed by atoms with Crippen LogP contribution in [0.2, 0.25) is 0 Å². The average molecular weight is 258 g/mol. The Hall–Kier alpha value is -0.0800. The average Bonchev–Trinajstić information content (AvgIpc) is 2.35. The summed E-state index contributed by atoms with van der Waals surface area (Å²) in [4.78, 5) is 0. The third-order valence-corrected chi connectivity index (χ3v) is 3.89. The molecular formula is C16H34O2. The van der Waals surface area contributed by atoms with E-state index in [4.69, 9.17) is 0 Å². The smallest absolute Gasteiger partial charge is 0.0877 e. The summed E-state index contributed by atoms with van der Waals surface area (Å²) in [6.07, 6.45) is 12.4. The van der Waals surface area contributed by atoms with Gasteiger partial charge in [0.15, 0.2) is 0 Å². The van der Waals surface area contributed by atoms with Crippen molar-refractivity contribution in [3.8, 4) is 0 Å². The normalized spacial score (nSPS) is 16.5. The third kappa shape index (κ3) is 8.93. The lowest BCUT2D eigenvalue weighted by molar-refractivity contribution is -0.0692. The van der Waals surface area contributed by atoms with Gasteiger partial charge in [0, 0.05) is 0 Å². The van der Waals surface area contributed by atoms with E-state index in [1.165, 1.54) is 51.4 Å². The summed E-state index contributed by atoms with van der Waals surface area (Å²) in [7, 11) is 0. The van der Waals surface area contributed by atoms with Gasteiger partial charge in [0.25, 0.3) is 0 Å². The highest BCUT2D eigenvalue weighted by atomic mass is 16.3. The lowest BCUT2D eigenvalue weighted by Crippen LogP contribution is -2.38. The van der Waals surface area contributed by atoms with Gasteiger partial charge < -0.3 is 10.2 Å². The van der Waals surface area contributed by atoms with E-state index >= 15 is 0 Å². The Morgan fingerprint density at radius 1 is 0.833 bits per heavy atom. The summed E-state index contributed by atoms with van der Waals surface area (Å²) >= 11 is 0. The topological polar surface area (TPSA) is 40.5 Å². The minimum absolute atomic E-state index is 0.577. The van der Waals surface area contributed by atoms with Gasteiger partial charge in [-0.1, -0.05) is 71.6 Å². The molecule has 0 aliphatic rings. The largest absolute Gasteiger partial charge is 0.390 e. The SMILES string of the molecule is CCCCCCCCCCCC(C)(O)C(O)CC. The van der Waals surface area contributed by atoms with Crippen LogP contribution in [0.4, 0.5) is 0 Å². The first kappa shape index (κ1) is 17.9. The molecule has 0 amide bonds. The molecule has 0 spiro atoms. The number of aliphatic hydroxyl groups excluding tert-OH is 1. The van der Waals surface area contributed by atoms with Gasteiger partial charge in [-0.3, -0.25) is 0 Å². The van der Waals surface area contributed by atoms with E-state index < -0.39 is 11.7 Å². The molecule has 0 bridgehead atoms. The predicted molar refractivity (Wildman–Crippen MR) is 78.8 cm³/mol. The first-order chi connectivity index (χ1) is 8.54. The van der Waals surface area contributed by atoms with Crippen LogP contribution in [0, 0.1) is 0 Å². The Kier molecular flexibility index (Phi) is 10.8. The molecule has 0 saturated carbocycles. The highest BCUT2D eigenvalue weighted by molar-refractivity contribution is 4.80. The van der Waals surface area contributed by atoms with Crippen LogP contribution in [0.15, 0.2) is 0 Å². The molecule has 0 aliphatic carbocycles. The standard InChI is InChI=1S/C16H34O2/c1-4-6-7-8-9-10-11-12-13-14-16(3,18)15(17)5-2/h15,17-18H,4-14H2,1-3H3. The first-order valence-electron chi connectivity index (χ1n) is 7.95. The van der Waals surface area contributed by atoms with Crippen molar-refractivity contribution in [2.75, 3.05) is 0 Å². The molecule has 110 valence electrons. The van der Waals surface area contributed by atoms with Crippen LogP contribution in [-0.4, -0.2) is 21.9 Å². The fraction of sp³-hybridized carbons (Fsp3) is 1.00. The minimum Gasteiger partial charge on any atom is -0.390 e. The first-order valence-corrected chi connectivity index (χ1v) is 7.95. The van der Waals surface area contributed by atoms with Crippen molar-refractivity contribution in [1.82, 2.24) is 0 Å². The number of rotatable bonds is 12. The fourth-order valence-corrected chi connectivity index (χ4v) is 2.40. The number of unbranched alkanes of at least 4 members (excludes halogenated alkanes) is 8. The van der Waals surface area contributed by atoms with Gasteiger partial charge in [0.05, 0.1) is 11.7 Å². The maximum atomic E-state index is 10.0. The van der Waals surface area contributed by atoms with Crippen LogP contribution in [0.1, 0.15) is 91.4 Å². The van der Waals surface area contributed by atoms with E-state index in [0.717, 1.165) is 12.8 Å². The summed E-state index contributed by atoms with van der Waals surface area (Å²) in [5.41, 5.74) is -0.893. The second-order valence-corrected chi connectivity index (χ2v) is 5.86. The quantitative estimate of drug-likeness (QED) is 0.508. The molecule has 0 heterocycles. The van der Waals surface area contributed by atoms with Gasteiger partial charge >= 0.3 is 0 Å². The van der Waals surface area contributed by atoms with Crippen molar-refractivity contribution in [3.63, 3.8) is 0 Å². The monoisotopic (exact) mass is 258 g/mol. The van der Waals surface area contributed by atoms with Gasteiger partial charge in [-0.25, -0.2) is 0 Å². The second kappa shape index (κ2) is 10.8. The lowest BCUT2D eigenvalue weighted by Gasteiger charge is -2.28. The Bertz CT molecular complexity index is 178. The predicted octanol–water partition coefficient (Wildman–Crippen LogP) is 4.43. The molecule has 0 radical (unpaired) electrons. The van der Waals surface area contributed by atoms with Crippen LogP contribution in [0.3, 0.4) is 0 Å². The molecule has 0 aromatic rings. The molecule has 0 aromatic carbocycles.